The summed E-state index contributed by atoms with van der Waals surface area (Å²) in [6, 6.07) is 15.1. The summed E-state index contributed by atoms with van der Waals surface area (Å²) in [5.41, 5.74) is 5.57. The van der Waals surface area contributed by atoms with E-state index in [1.807, 2.05) is 24.3 Å². The van der Waals surface area contributed by atoms with E-state index in [0.29, 0.717) is 5.92 Å². The van der Waals surface area contributed by atoms with Gasteiger partial charge in [-0.2, -0.15) is 0 Å². The van der Waals surface area contributed by atoms with E-state index in [2.05, 4.69) is 22.1 Å². The third-order valence-corrected chi connectivity index (χ3v) is 5.27. The molecule has 1 aromatic carbocycles. The number of fused-ring (bicyclic) bond motifs is 5. The summed E-state index contributed by atoms with van der Waals surface area (Å²) < 4.78 is 0. The number of pyridine rings is 2. The summed E-state index contributed by atoms with van der Waals surface area (Å²) in [5.74, 6) is 0.312. The van der Waals surface area contributed by atoms with Gasteiger partial charge in [0.2, 0.25) is 0 Å². The van der Waals surface area contributed by atoms with Gasteiger partial charge in [0, 0.05) is 29.9 Å². The van der Waals surface area contributed by atoms with E-state index in [1.54, 1.807) is 24.5 Å². The average Bonchev–Trinajstić information content (AvgIpc) is 3.31. The van der Waals surface area contributed by atoms with Crippen molar-refractivity contribution in [3.8, 4) is 11.4 Å². The highest BCUT2D eigenvalue weighted by molar-refractivity contribution is 5.79. The first-order valence-electron chi connectivity index (χ1n) is 7.87. The quantitative estimate of drug-likeness (QED) is 0.532. The molecule has 1 atom stereocenters. The normalized spacial score (nSPS) is 18.9. The molecule has 0 saturated heterocycles. The maximum atomic E-state index is 10.9. The molecule has 0 radical (unpaired) electrons. The van der Waals surface area contributed by atoms with Crippen molar-refractivity contribution >= 4 is 5.69 Å². The number of hydrogen-bond donors (Lipinski definition) is 0. The molecular formula is C19H13N3O2. The molecule has 0 aliphatic heterocycles. The van der Waals surface area contributed by atoms with Crippen LogP contribution in [0.3, 0.4) is 0 Å². The topological polar surface area (TPSA) is 68.9 Å². The Bertz CT molecular complexity index is 936. The number of benzene rings is 1. The number of nitro groups is 1. The van der Waals surface area contributed by atoms with Gasteiger partial charge in [-0.1, -0.05) is 24.3 Å². The average molecular weight is 315 g/mol. The lowest BCUT2D eigenvalue weighted by Gasteiger charge is -2.13. The highest BCUT2D eigenvalue weighted by atomic mass is 16.6. The largest absolute Gasteiger partial charge is 0.269 e. The SMILES string of the molecule is O=[N+]([O-])c1ccc(C2CC23c2cccnc2-c2ncccc23)cc1. The van der Waals surface area contributed by atoms with Crippen LogP contribution in [0, 0.1) is 10.1 Å². The molecule has 116 valence electrons. The van der Waals surface area contributed by atoms with Gasteiger partial charge in [0.05, 0.1) is 16.3 Å². The molecule has 1 saturated carbocycles. The molecule has 5 heteroatoms. The zero-order valence-electron chi connectivity index (χ0n) is 12.7. The van der Waals surface area contributed by atoms with Gasteiger partial charge in [-0.25, -0.2) is 0 Å². The Morgan fingerprint density at radius 1 is 0.958 bits per heavy atom. The van der Waals surface area contributed by atoms with Crippen molar-refractivity contribution in [2.24, 2.45) is 0 Å². The van der Waals surface area contributed by atoms with Gasteiger partial charge in [-0.05, 0) is 41.2 Å². The predicted molar refractivity (Wildman–Crippen MR) is 88.7 cm³/mol. The van der Waals surface area contributed by atoms with Crippen LogP contribution >= 0.6 is 0 Å². The second kappa shape index (κ2) is 4.47. The zero-order chi connectivity index (χ0) is 16.3. The first-order valence-corrected chi connectivity index (χ1v) is 7.87. The third-order valence-electron chi connectivity index (χ3n) is 5.27. The van der Waals surface area contributed by atoms with E-state index in [4.69, 9.17) is 0 Å². The van der Waals surface area contributed by atoms with E-state index in [0.717, 1.165) is 23.4 Å². The number of non-ortho nitro benzene ring substituents is 1. The van der Waals surface area contributed by atoms with Crippen LogP contribution in [0.25, 0.3) is 11.4 Å². The van der Waals surface area contributed by atoms with Crippen molar-refractivity contribution in [3.63, 3.8) is 0 Å². The van der Waals surface area contributed by atoms with E-state index in [-0.39, 0.29) is 16.0 Å². The van der Waals surface area contributed by atoms with Crippen molar-refractivity contribution in [2.45, 2.75) is 17.8 Å². The predicted octanol–water partition coefficient (Wildman–Crippen LogP) is 3.84. The fraction of sp³-hybridized carbons (Fsp3) is 0.158. The third kappa shape index (κ3) is 1.58. The lowest BCUT2D eigenvalue weighted by atomic mass is 9.89. The summed E-state index contributed by atoms with van der Waals surface area (Å²) in [5, 5.41) is 10.9. The summed E-state index contributed by atoms with van der Waals surface area (Å²) in [4.78, 5) is 19.6. The molecule has 5 nitrogen and oxygen atoms in total. The molecule has 2 aromatic heterocycles. The highest BCUT2D eigenvalue weighted by Gasteiger charge is 2.62. The van der Waals surface area contributed by atoms with Gasteiger partial charge in [0.25, 0.3) is 5.69 Å². The van der Waals surface area contributed by atoms with Gasteiger partial charge in [0.1, 0.15) is 0 Å². The lowest BCUT2D eigenvalue weighted by molar-refractivity contribution is -0.384. The van der Waals surface area contributed by atoms with Gasteiger partial charge in [-0.3, -0.25) is 20.1 Å². The Hall–Kier alpha value is -3.08. The Morgan fingerprint density at radius 3 is 2.08 bits per heavy atom. The minimum atomic E-state index is -0.361. The van der Waals surface area contributed by atoms with Crippen molar-refractivity contribution in [1.29, 1.82) is 0 Å². The molecule has 0 N–H and O–H groups in total. The van der Waals surface area contributed by atoms with Gasteiger partial charge < -0.3 is 0 Å². The van der Waals surface area contributed by atoms with Gasteiger partial charge in [-0.15, -0.1) is 0 Å². The molecule has 0 amide bonds. The maximum absolute atomic E-state index is 10.9. The van der Waals surface area contributed by atoms with Crippen LogP contribution < -0.4 is 0 Å². The summed E-state index contributed by atoms with van der Waals surface area (Å²) in [6.45, 7) is 0. The molecule has 1 unspecified atom stereocenters. The monoisotopic (exact) mass is 315 g/mol. The Morgan fingerprint density at radius 2 is 1.54 bits per heavy atom. The van der Waals surface area contributed by atoms with Crippen LogP contribution in [0.4, 0.5) is 5.69 Å². The number of hydrogen-bond acceptors (Lipinski definition) is 4. The van der Waals surface area contributed by atoms with Crippen molar-refractivity contribution in [3.05, 3.63) is 87.7 Å². The van der Waals surface area contributed by atoms with E-state index in [9.17, 15) is 10.1 Å². The van der Waals surface area contributed by atoms with Crippen LogP contribution in [-0.4, -0.2) is 14.9 Å². The second-order valence-electron chi connectivity index (χ2n) is 6.38. The Kier molecular flexibility index (Phi) is 2.49. The molecule has 1 spiro atoms. The summed E-state index contributed by atoms with van der Waals surface area (Å²) in [7, 11) is 0. The smallest absolute Gasteiger partial charge is 0.258 e. The van der Waals surface area contributed by atoms with Crippen molar-refractivity contribution < 1.29 is 4.92 Å². The fourth-order valence-electron chi connectivity index (χ4n) is 4.14. The summed E-state index contributed by atoms with van der Waals surface area (Å²) in [6.07, 6.45) is 4.60. The van der Waals surface area contributed by atoms with Crippen molar-refractivity contribution in [1.82, 2.24) is 9.97 Å². The molecular weight excluding hydrogens is 302 g/mol. The number of rotatable bonds is 2. The highest BCUT2D eigenvalue weighted by Crippen LogP contribution is 2.69. The van der Waals surface area contributed by atoms with Crippen LogP contribution in [0.1, 0.15) is 29.0 Å². The molecule has 3 aromatic rings. The van der Waals surface area contributed by atoms with Crippen LogP contribution in [0.2, 0.25) is 0 Å². The van der Waals surface area contributed by atoms with Crippen LogP contribution in [0.5, 0.6) is 0 Å². The van der Waals surface area contributed by atoms with E-state index < -0.39 is 0 Å². The zero-order valence-corrected chi connectivity index (χ0v) is 12.7. The molecule has 0 bridgehead atoms. The molecule has 2 aliphatic rings. The number of nitro benzene ring substituents is 1. The number of nitrogens with zero attached hydrogens (tertiary/aromatic N) is 3. The maximum Gasteiger partial charge on any atom is 0.269 e. The second-order valence-corrected chi connectivity index (χ2v) is 6.38. The molecule has 2 heterocycles. The Labute approximate surface area is 138 Å². The molecule has 5 rings (SSSR count). The standard InChI is InChI=1S/C19H13N3O2/c23-22(24)13-7-5-12(6-8-13)16-11-19(16)14-3-1-9-20-17(14)18-15(19)4-2-10-21-18/h1-10,16H,11H2. The molecule has 24 heavy (non-hydrogen) atoms. The summed E-state index contributed by atoms with van der Waals surface area (Å²) >= 11 is 0. The van der Waals surface area contributed by atoms with Gasteiger partial charge in [0.15, 0.2) is 0 Å². The first kappa shape index (κ1) is 13.4. The molecule has 1 fully saturated rings. The van der Waals surface area contributed by atoms with Crippen LogP contribution in [-0.2, 0) is 5.41 Å². The van der Waals surface area contributed by atoms with Crippen molar-refractivity contribution in [2.75, 3.05) is 0 Å². The van der Waals surface area contributed by atoms with E-state index >= 15 is 0 Å². The minimum Gasteiger partial charge on any atom is -0.258 e. The first-order chi connectivity index (χ1) is 11.7. The van der Waals surface area contributed by atoms with Gasteiger partial charge >= 0.3 is 0 Å². The van der Waals surface area contributed by atoms with Crippen LogP contribution in [0.15, 0.2) is 60.9 Å². The lowest BCUT2D eigenvalue weighted by Crippen LogP contribution is -2.08. The Balaban J connectivity index is 1.64. The number of aromatic nitrogens is 2. The molecule has 2 aliphatic carbocycles. The minimum absolute atomic E-state index is 0.0800. The fourth-order valence-corrected chi connectivity index (χ4v) is 4.14. The van der Waals surface area contributed by atoms with E-state index in [1.165, 1.54) is 11.1 Å².